The Morgan fingerprint density at radius 2 is 1.61 bits per heavy atom. The summed E-state index contributed by atoms with van der Waals surface area (Å²) in [5, 5.41) is 17.5. The Bertz CT molecular complexity index is 2320. The first-order valence-electron chi connectivity index (χ1n) is 17.1. The van der Waals surface area contributed by atoms with Crippen LogP contribution in [-0.2, 0) is 26.5 Å². The number of fused-ring (bicyclic) bond motifs is 4. The van der Waals surface area contributed by atoms with Crippen LogP contribution in [-0.4, -0.2) is 13.1 Å². The van der Waals surface area contributed by atoms with Crippen molar-refractivity contribution in [3.8, 4) is 17.3 Å². The third-order valence-electron chi connectivity index (χ3n) is 8.94. The smallest absolute Gasteiger partial charge is 0.661 e. The number of hydrogen-bond donors (Lipinski definition) is 0. The first-order chi connectivity index (χ1) is 24.2. The van der Waals surface area contributed by atoms with Crippen molar-refractivity contribution in [2.24, 2.45) is 5.92 Å². The average Bonchev–Trinajstić information content (AvgIpc) is 3.70. The van der Waals surface area contributed by atoms with Gasteiger partial charge in [0, 0.05) is 29.2 Å². The SMILES string of the molecule is CC(C)Cc1cc(-c2[c-]cc(C#N)cc2)ncc1[Si](C)(C)C.[Ir+3].[c-]1cc2c(cc1C1[N-]c3ccccc3N1c1ccccc1)oc1ccccc12. The molecule has 0 radical (unpaired) electrons. The second-order valence-electron chi connectivity index (χ2n) is 14.1. The number of aromatic nitrogens is 1. The molecule has 7 heteroatoms. The van der Waals surface area contributed by atoms with Crippen LogP contribution in [0.1, 0.15) is 36.7 Å². The normalized spacial score (nSPS) is 13.6. The third-order valence-corrected chi connectivity index (χ3v) is 11.0. The van der Waals surface area contributed by atoms with E-state index in [0.717, 1.165) is 62.2 Å². The minimum absolute atomic E-state index is 0. The van der Waals surface area contributed by atoms with Crippen LogP contribution in [0.25, 0.3) is 38.5 Å². The van der Waals surface area contributed by atoms with Crippen LogP contribution in [0.15, 0.2) is 126 Å². The molecule has 0 aliphatic carbocycles. The average molecular weight is 860 g/mol. The maximum absolute atomic E-state index is 8.89. The van der Waals surface area contributed by atoms with Crippen molar-refractivity contribution in [2.75, 3.05) is 4.90 Å². The molecule has 0 amide bonds. The van der Waals surface area contributed by atoms with Crippen LogP contribution in [0.4, 0.5) is 17.1 Å². The number of nitrogens with zero attached hydrogens (tertiary/aromatic N) is 4. The fraction of sp³-hybridized carbons (Fsp3) is 0.182. The Morgan fingerprint density at radius 1 is 0.863 bits per heavy atom. The van der Waals surface area contributed by atoms with Crippen LogP contribution in [0.2, 0.25) is 19.6 Å². The molecule has 254 valence electrons. The van der Waals surface area contributed by atoms with Gasteiger partial charge in [0.25, 0.3) is 0 Å². The first kappa shape index (κ1) is 35.8. The summed E-state index contributed by atoms with van der Waals surface area (Å²) in [5.41, 5.74) is 9.91. The Labute approximate surface area is 315 Å². The van der Waals surface area contributed by atoms with E-state index >= 15 is 0 Å². The fourth-order valence-electron chi connectivity index (χ4n) is 6.59. The number of hydrogen-bond acceptors (Lipinski definition) is 4. The van der Waals surface area contributed by atoms with Gasteiger partial charge in [0.15, 0.2) is 0 Å². The van der Waals surface area contributed by atoms with Crippen LogP contribution >= 0.6 is 0 Å². The molecule has 5 aromatic carbocycles. The van der Waals surface area contributed by atoms with E-state index in [-0.39, 0.29) is 26.3 Å². The quantitative estimate of drug-likeness (QED) is 0.123. The number of rotatable bonds is 6. The van der Waals surface area contributed by atoms with E-state index in [0.29, 0.717) is 11.5 Å². The maximum atomic E-state index is 8.89. The van der Waals surface area contributed by atoms with Gasteiger partial charge in [0.2, 0.25) is 0 Å². The van der Waals surface area contributed by atoms with Crippen LogP contribution in [0.5, 0.6) is 0 Å². The molecule has 1 aliphatic rings. The zero-order valence-corrected chi connectivity index (χ0v) is 32.8. The van der Waals surface area contributed by atoms with Crippen molar-refractivity contribution in [2.45, 2.75) is 46.1 Å². The van der Waals surface area contributed by atoms with Crippen molar-refractivity contribution < 1.29 is 24.5 Å². The summed E-state index contributed by atoms with van der Waals surface area (Å²) >= 11 is 0. The van der Waals surface area contributed by atoms with E-state index < -0.39 is 8.07 Å². The molecule has 1 aliphatic heterocycles. The van der Waals surface area contributed by atoms with Crippen molar-refractivity contribution in [3.63, 3.8) is 0 Å². The van der Waals surface area contributed by atoms with Gasteiger partial charge < -0.3 is 19.6 Å². The van der Waals surface area contributed by atoms with E-state index in [1.165, 1.54) is 10.8 Å². The molecule has 3 heterocycles. The molecule has 0 spiro atoms. The molecule has 0 saturated heterocycles. The number of anilines is 2. The summed E-state index contributed by atoms with van der Waals surface area (Å²) in [6.07, 6.45) is 2.97. The molecule has 1 atom stereocenters. The fourth-order valence-corrected chi connectivity index (χ4v) is 8.18. The van der Waals surface area contributed by atoms with Gasteiger partial charge in [-0.15, -0.1) is 41.6 Å². The summed E-state index contributed by atoms with van der Waals surface area (Å²) < 4.78 is 6.09. The van der Waals surface area contributed by atoms with Crippen molar-refractivity contribution in [3.05, 3.63) is 156 Å². The molecular formula is C44H39IrN4OSi. The van der Waals surface area contributed by atoms with Crippen LogP contribution in [0, 0.1) is 29.4 Å². The molecule has 0 bridgehead atoms. The molecule has 0 fully saturated rings. The molecular weight excluding hydrogens is 821 g/mol. The molecule has 0 saturated carbocycles. The van der Waals surface area contributed by atoms with Gasteiger partial charge in [-0.2, -0.15) is 17.7 Å². The molecule has 5 nitrogen and oxygen atoms in total. The molecule has 8 rings (SSSR count). The number of nitriles is 1. The third kappa shape index (κ3) is 7.55. The van der Waals surface area contributed by atoms with Gasteiger partial charge in [0.1, 0.15) is 5.58 Å². The largest absolute Gasteiger partial charge is 3.00 e. The Hall–Kier alpha value is -4.99. The predicted molar refractivity (Wildman–Crippen MR) is 208 cm³/mol. The number of pyridine rings is 1. The zero-order chi connectivity index (χ0) is 34.8. The van der Waals surface area contributed by atoms with E-state index in [1.807, 2.05) is 48.5 Å². The van der Waals surface area contributed by atoms with E-state index in [2.05, 4.69) is 128 Å². The van der Waals surface area contributed by atoms with E-state index in [4.69, 9.17) is 15.0 Å². The number of benzene rings is 5. The standard InChI is InChI=1S/C25H16N2O.C19H23N2Si.Ir/c1-2-8-18(9-3-1)27-22-12-6-5-11-21(22)26-25(27)17-14-15-20-19-10-4-7-13-23(19)28-24(20)16-17;1-14(2)10-17-11-18(21-13-19(17)22(3,4)5)16-8-6-15(12-20)7-9-16;/h1-13,15-16,25H;6-8,11,13-14H,10H2,1-5H3;/q-2;-1;+3. The first-order valence-corrected chi connectivity index (χ1v) is 20.6. The predicted octanol–water partition coefficient (Wildman–Crippen LogP) is 11.4. The molecule has 51 heavy (non-hydrogen) atoms. The molecule has 7 aromatic rings. The van der Waals surface area contributed by atoms with Gasteiger partial charge in [-0.05, 0) is 64.6 Å². The summed E-state index contributed by atoms with van der Waals surface area (Å²) in [6.45, 7) is 11.6. The van der Waals surface area contributed by atoms with Gasteiger partial charge in [-0.25, -0.2) is 5.26 Å². The van der Waals surface area contributed by atoms with Gasteiger partial charge in [0.05, 0.1) is 8.07 Å². The van der Waals surface area contributed by atoms with Crippen molar-refractivity contribution in [1.82, 2.24) is 4.98 Å². The number of furan rings is 1. The van der Waals surface area contributed by atoms with Crippen molar-refractivity contribution in [1.29, 1.82) is 5.26 Å². The minimum atomic E-state index is -1.40. The van der Waals surface area contributed by atoms with E-state index in [9.17, 15) is 0 Å². The minimum Gasteiger partial charge on any atom is -0.661 e. The zero-order valence-electron chi connectivity index (χ0n) is 29.4. The molecule has 2 aromatic heterocycles. The Kier molecular flexibility index (Phi) is 10.6. The summed E-state index contributed by atoms with van der Waals surface area (Å²) in [6, 6.07) is 47.3. The second-order valence-corrected chi connectivity index (χ2v) is 19.2. The van der Waals surface area contributed by atoms with E-state index in [1.54, 1.807) is 6.07 Å². The monoisotopic (exact) mass is 860 g/mol. The summed E-state index contributed by atoms with van der Waals surface area (Å²) in [7, 11) is -1.40. The van der Waals surface area contributed by atoms with Crippen molar-refractivity contribution >= 4 is 52.3 Å². The number of para-hydroxylation sites is 4. The van der Waals surface area contributed by atoms with Crippen LogP contribution in [0.3, 0.4) is 0 Å². The second kappa shape index (κ2) is 15.1. The summed E-state index contributed by atoms with van der Waals surface area (Å²) in [5.74, 6) is 0.621. The van der Waals surface area contributed by atoms with Crippen LogP contribution < -0.4 is 10.1 Å². The molecule has 1 unspecified atom stereocenters. The molecule has 0 N–H and O–H groups in total. The maximum Gasteiger partial charge on any atom is 3.00 e. The van der Waals surface area contributed by atoms with Gasteiger partial charge in [-0.3, -0.25) is 0 Å². The Morgan fingerprint density at radius 3 is 2.33 bits per heavy atom. The summed E-state index contributed by atoms with van der Waals surface area (Å²) in [4.78, 5) is 6.92. The topological polar surface area (TPSA) is 67.2 Å². The van der Waals surface area contributed by atoms with Gasteiger partial charge >= 0.3 is 20.1 Å². The van der Waals surface area contributed by atoms with Gasteiger partial charge in [-0.1, -0.05) is 105 Å². The Balaban J connectivity index is 0.000000178.